The van der Waals surface area contributed by atoms with E-state index in [0.29, 0.717) is 16.8 Å². The molecule has 2 aromatic carbocycles. The van der Waals surface area contributed by atoms with Crippen LogP contribution in [0.15, 0.2) is 73.1 Å². The number of hydrogen-bond acceptors (Lipinski definition) is 4. The van der Waals surface area contributed by atoms with E-state index in [0.717, 1.165) is 16.8 Å². The van der Waals surface area contributed by atoms with Crippen LogP contribution in [0.1, 0.15) is 26.3 Å². The van der Waals surface area contributed by atoms with Crippen molar-refractivity contribution in [2.75, 3.05) is 0 Å². The summed E-state index contributed by atoms with van der Waals surface area (Å²) in [6, 6.07) is 18.5. The van der Waals surface area contributed by atoms with Crippen LogP contribution in [0.4, 0.5) is 0 Å². The lowest BCUT2D eigenvalue weighted by Gasteiger charge is -2.06. The zero-order valence-corrected chi connectivity index (χ0v) is 14.9. The third-order valence-corrected chi connectivity index (χ3v) is 4.38. The molecule has 7 nitrogen and oxygen atoms in total. The van der Waals surface area contributed by atoms with Crippen LogP contribution in [0, 0.1) is 0 Å². The minimum atomic E-state index is -0.506. The number of nitrogens with one attached hydrogen (secondary N) is 1. The van der Waals surface area contributed by atoms with E-state index < -0.39 is 5.91 Å². The van der Waals surface area contributed by atoms with Crippen LogP contribution >= 0.6 is 0 Å². The Hall–Kier alpha value is -4.00. The maximum Gasteiger partial charge on any atom is 0.257 e. The molecule has 2 heterocycles. The Bertz CT molecular complexity index is 1170. The molecule has 0 bridgehead atoms. The van der Waals surface area contributed by atoms with Crippen molar-refractivity contribution in [3.05, 3.63) is 89.7 Å². The number of benzene rings is 2. The van der Waals surface area contributed by atoms with Crippen molar-refractivity contribution >= 4 is 17.5 Å². The number of carbonyl (C=O) groups excluding carboxylic acids is 2. The van der Waals surface area contributed by atoms with Crippen LogP contribution in [-0.2, 0) is 6.54 Å². The number of carbonyl (C=O) groups is 2. The highest BCUT2D eigenvalue weighted by Crippen LogP contribution is 2.20. The van der Waals surface area contributed by atoms with Crippen LogP contribution in [0.5, 0.6) is 0 Å². The summed E-state index contributed by atoms with van der Waals surface area (Å²) < 4.78 is 1.65. The first kappa shape index (κ1) is 17.4. The van der Waals surface area contributed by atoms with Gasteiger partial charge in [-0.25, -0.2) is 9.50 Å². The van der Waals surface area contributed by atoms with Gasteiger partial charge in [0.25, 0.3) is 5.91 Å². The number of hydrogen-bond donors (Lipinski definition) is 2. The van der Waals surface area contributed by atoms with Crippen LogP contribution in [0.25, 0.3) is 16.9 Å². The summed E-state index contributed by atoms with van der Waals surface area (Å²) >= 11 is 0. The highest BCUT2D eigenvalue weighted by Gasteiger charge is 2.16. The molecule has 0 aliphatic rings. The monoisotopic (exact) mass is 371 g/mol. The molecule has 2 aromatic heterocycles. The number of rotatable bonds is 5. The molecular formula is C21H17N5O2. The summed E-state index contributed by atoms with van der Waals surface area (Å²) in [6.07, 6.45) is 3.16. The van der Waals surface area contributed by atoms with Crippen molar-refractivity contribution in [1.82, 2.24) is 19.9 Å². The maximum atomic E-state index is 12.7. The predicted molar refractivity (Wildman–Crippen MR) is 105 cm³/mol. The van der Waals surface area contributed by atoms with Gasteiger partial charge in [0.15, 0.2) is 5.65 Å². The average Bonchev–Trinajstić information content (AvgIpc) is 3.17. The minimum Gasteiger partial charge on any atom is -0.366 e. The number of fused-ring (bicyclic) bond motifs is 1. The minimum absolute atomic E-state index is 0.260. The van der Waals surface area contributed by atoms with E-state index in [1.807, 2.05) is 42.5 Å². The zero-order chi connectivity index (χ0) is 19.5. The third kappa shape index (κ3) is 3.33. The topological polar surface area (TPSA) is 102 Å². The predicted octanol–water partition coefficient (Wildman–Crippen LogP) is 2.43. The van der Waals surface area contributed by atoms with Gasteiger partial charge in [0.05, 0.1) is 11.9 Å². The first-order chi connectivity index (χ1) is 13.6. The second kappa shape index (κ2) is 7.32. The van der Waals surface area contributed by atoms with Crippen molar-refractivity contribution in [3.63, 3.8) is 0 Å². The van der Waals surface area contributed by atoms with Gasteiger partial charge in [-0.05, 0) is 23.8 Å². The smallest absolute Gasteiger partial charge is 0.257 e. The SMILES string of the molecule is NC(=O)c1cccc(CNC(=O)c2cnn3c(-c4ccccc4)ccnc23)c1. The lowest BCUT2D eigenvalue weighted by Crippen LogP contribution is -2.23. The molecule has 2 amide bonds. The summed E-state index contributed by atoms with van der Waals surface area (Å²) in [5.74, 6) is -0.800. The van der Waals surface area contributed by atoms with E-state index in [2.05, 4.69) is 15.4 Å². The van der Waals surface area contributed by atoms with Crippen molar-refractivity contribution in [1.29, 1.82) is 0 Å². The average molecular weight is 371 g/mol. The van der Waals surface area contributed by atoms with E-state index in [1.54, 1.807) is 28.9 Å². The van der Waals surface area contributed by atoms with E-state index in [-0.39, 0.29) is 12.5 Å². The van der Waals surface area contributed by atoms with Gasteiger partial charge >= 0.3 is 0 Å². The van der Waals surface area contributed by atoms with E-state index >= 15 is 0 Å². The largest absolute Gasteiger partial charge is 0.366 e. The fourth-order valence-corrected chi connectivity index (χ4v) is 2.99. The molecule has 0 unspecified atom stereocenters. The van der Waals surface area contributed by atoms with Gasteiger partial charge in [0, 0.05) is 23.9 Å². The second-order valence-corrected chi connectivity index (χ2v) is 6.24. The zero-order valence-electron chi connectivity index (χ0n) is 14.9. The molecule has 0 radical (unpaired) electrons. The first-order valence-electron chi connectivity index (χ1n) is 8.68. The van der Waals surface area contributed by atoms with Crippen molar-refractivity contribution < 1.29 is 9.59 Å². The van der Waals surface area contributed by atoms with Crippen molar-refractivity contribution in [3.8, 4) is 11.3 Å². The summed E-state index contributed by atoms with van der Waals surface area (Å²) in [6.45, 7) is 0.260. The number of primary amides is 1. The van der Waals surface area contributed by atoms with Crippen LogP contribution in [0.2, 0.25) is 0 Å². The molecule has 7 heteroatoms. The fourth-order valence-electron chi connectivity index (χ4n) is 2.99. The van der Waals surface area contributed by atoms with Crippen LogP contribution in [-0.4, -0.2) is 26.4 Å². The second-order valence-electron chi connectivity index (χ2n) is 6.24. The van der Waals surface area contributed by atoms with E-state index in [1.165, 1.54) is 6.20 Å². The summed E-state index contributed by atoms with van der Waals surface area (Å²) in [4.78, 5) is 28.3. The molecule has 0 aliphatic carbocycles. The Morgan fingerprint density at radius 1 is 1.04 bits per heavy atom. The summed E-state index contributed by atoms with van der Waals surface area (Å²) in [7, 11) is 0. The van der Waals surface area contributed by atoms with Gasteiger partial charge in [0.2, 0.25) is 5.91 Å². The molecule has 0 aliphatic heterocycles. The lowest BCUT2D eigenvalue weighted by molar-refractivity contribution is 0.0951. The molecule has 0 spiro atoms. The highest BCUT2D eigenvalue weighted by atomic mass is 16.2. The molecular weight excluding hydrogens is 354 g/mol. The Morgan fingerprint density at radius 3 is 2.64 bits per heavy atom. The Kier molecular flexibility index (Phi) is 4.55. The number of amides is 2. The lowest BCUT2D eigenvalue weighted by atomic mass is 10.1. The molecule has 0 fully saturated rings. The van der Waals surface area contributed by atoms with Crippen LogP contribution in [0.3, 0.4) is 0 Å². The van der Waals surface area contributed by atoms with E-state index in [9.17, 15) is 9.59 Å². The Balaban J connectivity index is 1.59. The van der Waals surface area contributed by atoms with Crippen LogP contribution < -0.4 is 11.1 Å². The molecule has 0 saturated heterocycles. The molecule has 3 N–H and O–H groups in total. The number of nitrogens with zero attached hydrogens (tertiary/aromatic N) is 3. The van der Waals surface area contributed by atoms with Gasteiger partial charge in [0.1, 0.15) is 5.56 Å². The molecule has 0 atom stereocenters. The molecule has 0 saturated carbocycles. The molecule has 138 valence electrons. The number of nitrogens with two attached hydrogens (primary N) is 1. The van der Waals surface area contributed by atoms with Crippen molar-refractivity contribution in [2.45, 2.75) is 6.54 Å². The summed E-state index contributed by atoms with van der Waals surface area (Å²) in [5.41, 5.74) is 9.15. The molecule has 4 aromatic rings. The standard InChI is InChI=1S/C21H17N5O2/c22-19(27)16-8-4-5-14(11-16)12-24-21(28)17-13-25-26-18(9-10-23-20(17)26)15-6-2-1-3-7-15/h1-11,13H,12H2,(H2,22,27)(H,24,28). The number of aromatic nitrogens is 3. The van der Waals surface area contributed by atoms with Crippen molar-refractivity contribution in [2.24, 2.45) is 5.73 Å². The molecule has 28 heavy (non-hydrogen) atoms. The quantitative estimate of drug-likeness (QED) is 0.562. The Labute approximate surface area is 160 Å². The van der Waals surface area contributed by atoms with Gasteiger partial charge in [-0.1, -0.05) is 42.5 Å². The molecule has 4 rings (SSSR count). The fraction of sp³-hybridized carbons (Fsp3) is 0.0476. The normalized spacial score (nSPS) is 10.7. The summed E-state index contributed by atoms with van der Waals surface area (Å²) in [5, 5.41) is 7.18. The maximum absolute atomic E-state index is 12.7. The van der Waals surface area contributed by atoms with Gasteiger partial charge in [-0.2, -0.15) is 5.10 Å². The van der Waals surface area contributed by atoms with Gasteiger partial charge in [-0.3, -0.25) is 9.59 Å². The highest BCUT2D eigenvalue weighted by molar-refractivity contribution is 6.00. The van der Waals surface area contributed by atoms with Gasteiger partial charge < -0.3 is 11.1 Å². The first-order valence-corrected chi connectivity index (χ1v) is 8.68. The van der Waals surface area contributed by atoms with E-state index in [4.69, 9.17) is 5.73 Å². The Morgan fingerprint density at radius 2 is 1.86 bits per heavy atom. The van der Waals surface area contributed by atoms with Gasteiger partial charge in [-0.15, -0.1) is 0 Å². The third-order valence-electron chi connectivity index (χ3n) is 4.38.